The lowest BCUT2D eigenvalue weighted by molar-refractivity contribution is -0.380. The van der Waals surface area contributed by atoms with Gasteiger partial charge in [0.2, 0.25) is 5.89 Å². The van der Waals surface area contributed by atoms with Gasteiger partial charge in [-0.15, -0.1) is 0 Å². The molecule has 1 fully saturated rings. The minimum atomic E-state index is -0.410. The Morgan fingerprint density at radius 2 is 2.39 bits per heavy atom. The van der Waals surface area contributed by atoms with Gasteiger partial charge in [-0.2, -0.15) is 0 Å². The molecule has 3 rings (SSSR count). The summed E-state index contributed by atoms with van der Waals surface area (Å²) in [6, 6.07) is 3.74. The monoisotopic (exact) mass is 265 g/mol. The average molecular weight is 265 g/mol. The molecule has 1 saturated carbocycles. The number of rotatable bonds is 5. The molecule has 2 heterocycles. The summed E-state index contributed by atoms with van der Waals surface area (Å²) in [6.07, 6.45) is 4.04. The summed E-state index contributed by atoms with van der Waals surface area (Å²) in [6.45, 7) is 0.682. The first-order valence-corrected chi connectivity index (χ1v) is 6.46. The van der Waals surface area contributed by atoms with E-state index < -0.39 is 4.92 Å². The molecule has 6 nitrogen and oxygen atoms in total. The van der Waals surface area contributed by atoms with Gasteiger partial charge in [-0.1, -0.05) is 11.3 Å². The van der Waals surface area contributed by atoms with Crippen LogP contribution in [0.5, 0.6) is 0 Å². The van der Waals surface area contributed by atoms with Crippen molar-refractivity contribution in [2.45, 2.75) is 25.4 Å². The van der Waals surface area contributed by atoms with Crippen molar-refractivity contribution in [2.75, 3.05) is 0 Å². The standard InChI is InChI=1S/C11H11N3O3S/c15-14(16)10-4-3-9(18-10)11-13-8(6-17-11)5-12-7-1-2-7/h3-4,6-7,12H,1-2,5H2. The highest BCUT2D eigenvalue weighted by Crippen LogP contribution is 2.32. The second-order valence-electron chi connectivity index (χ2n) is 4.19. The van der Waals surface area contributed by atoms with E-state index in [1.807, 2.05) is 0 Å². The van der Waals surface area contributed by atoms with Crippen molar-refractivity contribution in [3.63, 3.8) is 0 Å². The smallest absolute Gasteiger partial charge is 0.324 e. The Bertz CT molecular complexity index is 574. The number of hydrogen-bond acceptors (Lipinski definition) is 6. The fourth-order valence-electron chi connectivity index (χ4n) is 1.58. The number of nitrogens with one attached hydrogen (secondary N) is 1. The highest BCUT2D eigenvalue weighted by atomic mass is 32.1. The van der Waals surface area contributed by atoms with E-state index in [0.717, 1.165) is 17.0 Å². The van der Waals surface area contributed by atoms with Crippen molar-refractivity contribution in [3.8, 4) is 10.8 Å². The SMILES string of the molecule is O=[N+]([O-])c1ccc(-c2nc(CNC3CC3)co2)s1. The molecule has 1 aliphatic carbocycles. The van der Waals surface area contributed by atoms with Crippen molar-refractivity contribution in [2.24, 2.45) is 0 Å². The van der Waals surface area contributed by atoms with Crippen molar-refractivity contribution in [3.05, 3.63) is 34.2 Å². The molecule has 1 aliphatic rings. The average Bonchev–Trinajstić information content (AvgIpc) is 2.88. The molecule has 0 spiro atoms. The predicted molar refractivity (Wildman–Crippen MR) is 66.3 cm³/mol. The largest absolute Gasteiger partial charge is 0.444 e. The van der Waals surface area contributed by atoms with E-state index in [4.69, 9.17) is 4.42 Å². The fraction of sp³-hybridized carbons (Fsp3) is 0.364. The predicted octanol–water partition coefficient (Wildman–Crippen LogP) is 2.56. The fourth-order valence-corrected chi connectivity index (χ4v) is 2.33. The van der Waals surface area contributed by atoms with Crippen LogP contribution in [-0.2, 0) is 6.54 Å². The van der Waals surface area contributed by atoms with Crippen LogP contribution in [-0.4, -0.2) is 15.9 Å². The van der Waals surface area contributed by atoms with Crippen LogP contribution in [0.3, 0.4) is 0 Å². The first-order chi connectivity index (χ1) is 8.72. The zero-order valence-corrected chi connectivity index (χ0v) is 10.3. The maximum atomic E-state index is 10.6. The van der Waals surface area contributed by atoms with E-state index in [9.17, 15) is 10.1 Å². The molecule has 0 unspecified atom stereocenters. The molecule has 94 valence electrons. The molecule has 0 saturated heterocycles. The van der Waals surface area contributed by atoms with Crippen LogP contribution in [0.2, 0.25) is 0 Å². The Labute approximate surface area is 107 Å². The summed E-state index contributed by atoms with van der Waals surface area (Å²) in [4.78, 5) is 15.2. The van der Waals surface area contributed by atoms with Gasteiger partial charge in [0.05, 0.1) is 15.5 Å². The summed E-state index contributed by atoms with van der Waals surface area (Å²) >= 11 is 1.07. The first kappa shape index (κ1) is 11.4. The van der Waals surface area contributed by atoms with E-state index in [0.29, 0.717) is 23.4 Å². The first-order valence-electron chi connectivity index (χ1n) is 5.65. The molecule has 0 amide bonds. The second-order valence-corrected chi connectivity index (χ2v) is 5.26. The Kier molecular flexibility index (Phi) is 2.85. The molecule has 18 heavy (non-hydrogen) atoms. The Morgan fingerprint density at radius 3 is 3.06 bits per heavy atom. The van der Waals surface area contributed by atoms with E-state index >= 15 is 0 Å². The van der Waals surface area contributed by atoms with Crippen molar-refractivity contribution < 1.29 is 9.34 Å². The van der Waals surface area contributed by atoms with Crippen LogP contribution in [0.1, 0.15) is 18.5 Å². The minimum absolute atomic E-state index is 0.0980. The van der Waals surface area contributed by atoms with Crippen LogP contribution in [0.4, 0.5) is 5.00 Å². The molecule has 7 heteroatoms. The van der Waals surface area contributed by atoms with Crippen molar-refractivity contribution >= 4 is 16.3 Å². The van der Waals surface area contributed by atoms with Gasteiger partial charge in [0.15, 0.2) is 0 Å². The minimum Gasteiger partial charge on any atom is -0.444 e. The third-order valence-corrected chi connectivity index (χ3v) is 3.71. The van der Waals surface area contributed by atoms with Crippen molar-refractivity contribution in [1.29, 1.82) is 0 Å². The maximum absolute atomic E-state index is 10.6. The topological polar surface area (TPSA) is 81.2 Å². The zero-order chi connectivity index (χ0) is 12.5. The van der Waals surface area contributed by atoms with Gasteiger partial charge in [-0.3, -0.25) is 10.1 Å². The van der Waals surface area contributed by atoms with E-state index in [1.165, 1.54) is 18.9 Å². The van der Waals surface area contributed by atoms with Crippen LogP contribution < -0.4 is 5.32 Å². The lowest BCUT2D eigenvalue weighted by atomic mass is 10.4. The van der Waals surface area contributed by atoms with E-state index in [-0.39, 0.29) is 5.00 Å². The highest BCUT2D eigenvalue weighted by molar-refractivity contribution is 7.18. The molecule has 0 bridgehead atoms. The Morgan fingerprint density at radius 1 is 1.56 bits per heavy atom. The van der Waals surface area contributed by atoms with Gasteiger partial charge in [-0.05, 0) is 18.9 Å². The number of hydrogen-bond donors (Lipinski definition) is 1. The van der Waals surface area contributed by atoms with Crippen molar-refractivity contribution in [1.82, 2.24) is 10.3 Å². The van der Waals surface area contributed by atoms with Gasteiger partial charge < -0.3 is 9.73 Å². The van der Waals surface area contributed by atoms with Crippen LogP contribution in [0.25, 0.3) is 10.8 Å². The number of thiophene rings is 1. The lowest BCUT2D eigenvalue weighted by Crippen LogP contribution is -2.15. The van der Waals surface area contributed by atoms with Gasteiger partial charge >= 0.3 is 5.00 Å². The summed E-state index contributed by atoms with van der Waals surface area (Å²) in [7, 11) is 0. The molecule has 0 radical (unpaired) electrons. The molecule has 1 N–H and O–H groups in total. The van der Waals surface area contributed by atoms with Gasteiger partial charge in [0.25, 0.3) is 0 Å². The summed E-state index contributed by atoms with van der Waals surface area (Å²) in [5.41, 5.74) is 0.827. The van der Waals surface area contributed by atoms with Crippen LogP contribution in [0.15, 0.2) is 22.8 Å². The maximum Gasteiger partial charge on any atom is 0.324 e. The van der Waals surface area contributed by atoms with E-state index in [1.54, 1.807) is 12.3 Å². The van der Waals surface area contributed by atoms with Crippen LogP contribution >= 0.6 is 11.3 Å². The summed E-state index contributed by atoms with van der Waals surface area (Å²) in [5, 5.41) is 14.0. The second kappa shape index (κ2) is 4.51. The number of nitrogens with zero attached hydrogens (tertiary/aromatic N) is 2. The zero-order valence-electron chi connectivity index (χ0n) is 9.46. The number of aromatic nitrogens is 1. The molecule has 2 aromatic rings. The normalized spacial score (nSPS) is 14.9. The summed E-state index contributed by atoms with van der Waals surface area (Å²) < 4.78 is 5.33. The number of oxazole rings is 1. The summed E-state index contributed by atoms with van der Waals surface area (Å²) in [5.74, 6) is 0.445. The van der Waals surface area contributed by atoms with Gasteiger partial charge in [-0.25, -0.2) is 4.98 Å². The lowest BCUT2D eigenvalue weighted by Gasteiger charge is -1.95. The van der Waals surface area contributed by atoms with E-state index in [2.05, 4.69) is 10.3 Å². The van der Waals surface area contributed by atoms with Gasteiger partial charge in [0, 0.05) is 18.7 Å². The Hall–Kier alpha value is -1.73. The van der Waals surface area contributed by atoms with Gasteiger partial charge in [0.1, 0.15) is 6.26 Å². The molecular weight excluding hydrogens is 254 g/mol. The quantitative estimate of drug-likeness (QED) is 0.663. The third kappa shape index (κ3) is 2.41. The highest BCUT2D eigenvalue weighted by Gasteiger charge is 2.21. The number of nitro groups is 1. The van der Waals surface area contributed by atoms with Crippen LogP contribution in [0, 0.1) is 10.1 Å². The molecular formula is C11H11N3O3S. The molecule has 0 atom stereocenters. The Balaban J connectivity index is 1.72. The molecule has 2 aromatic heterocycles. The third-order valence-electron chi connectivity index (χ3n) is 2.68. The molecule has 0 aromatic carbocycles. The molecule has 0 aliphatic heterocycles.